The molecule has 2 aromatic carbocycles. The fourth-order valence-electron chi connectivity index (χ4n) is 2.16. The van der Waals surface area contributed by atoms with Crippen molar-refractivity contribution in [2.45, 2.75) is 13.5 Å². The van der Waals surface area contributed by atoms with Gasteiger partial charge in [-0.3, -0.25) is 4.90 Å². The van der Waals surface area contributed by atoms with Gasteiger partial charge in [-0.2, -0.15) is 5.26 Å². The number of hydrogen-bond donors (Lipinski definition) is 0. The normalized spacial score (nSPS) is 10.5. The Morgan fingerprint density at radius 3 is 2.59 bits per heavy atom. The molecule has 0 aromatic heterocycles. The van der Waals surface area contributed by atoms with Gasteiger partial charge in [0.2, 0.25) is 0 Å². The Hall–Kier alpha value is -2.38. The van der Waals surface area contributed by atoms with E-state index in [1.54, 1.807) is 36.4 Å². The van der Waals surface area contributed by atoms with Gasteiger partial charge in [-0.1, -0.05) is 19.1 Å². The summed E-state index contributed by atoms with van der Waals surface area (Å²) in [5, 5.41) is 8.74. The van der Waals surface area contributed by atoms with Gasteiger partial charge in [0.05, 0.1) is 11.6 Å². The second-order valence-corrected chi connectivity index (χ2v) is 4.98. The molecule has 2 aromatic rings. The number of ether oxygens (including phenoxy) is 1. The van der Waals surface area contributed by atoms with Crippen LogP contribution in [0.3, 0.4) is 0 Å². The zero-order chi connectivity index (χ0) is 15.8. The molecule has 4 heteroatoms. The zero-order valence-electron chi connectivity index (χ0n) is 12.6. The molecule has 2 rings (SSSR count). The van der Waals surface area contributed by atoms with Gasteiger partial charge in [0.1, 0.15) is 18.2 Å². The molecule has 0 saturated heterocycles. The molecule has 0 fully saturated rings. The molecular weight excluding hydrogens is 279 g/mol. The maximum absolute atomic E-state index is 13.2. The number of rotatable bonds is 7. The molecule has 0 atom stereocenters. The number of nitriles is 1. The van der Waals surface area contributed by atoms with Crippen LogP contribution in [0, 0.1) is 17.1 Å². The smallest absolute Gasteiger partial charge is 0.123 e. The van der Waals surface area contributed by atoms with E-state index in [0.717, 1.165) is 24.4 Å². The van der Waals surface area contributed by atoms with E-state index in [9.17, 15) is 4.39 Å². The van der Waals surface area contributed by atoms with Gasteiger partial charge < -0.3 is 4.74 Å². The monoisotopic (exact) mass is 298 g/mol. The molecule has 0 bridgehead atoms. The highest BCUT2D eigenvalue weighted by molar-refractivity contribution is 5.34. The van der Waals surface area contributed by atoms with Gasteiger partial charge in [0.25, 0.3) is 0 Å². The standard InChI is InChI=1S/C18H19FN2O/c1-2-21(14-16-4-3-5-17(19)12-16)10-11-22-18-8-6-15(13-20)7-9-18/h3-9,12H,2,10-11,14H2,1H3. The average Bonchev–Trinajstić information content (AvgIpc) is 2.54. The Balaban J connectivity index is 1.82. The molecule has 0 aliphatic rings. The van der Waals surface area contributed by atoms with Crippen LogP contribution in [0.4, 0.5) is 4.39 Å². The fourth-order valence-corrected chi connectivity index (χ4v) is 2.16. The SMILES string of the molecule is CCN(CCOc1ccc(C#N)cc1)Cc1cccc(F)c1. The van der Waals surface area contributed by atoms with Crippen molar-refractivity contribution in [1.82, 2.24) is 4.90 Å². The number of likely N-dealkylation sites (N-methyl/N-ethyl adjacent to an activating group) is 1. The molecule has 0 N–H and O–H groups in total. The topological polar surface area (TPSA) is 36.3 Å². The summed E-state index contributed by atoms with van der Waals surface area (Å²) >= 11 is 0. The predicted octanol–water partition coefficient (Wildman–Crippen LogP) is 3.60. The Morgan fingerprint density at radius 2 is 1.95 bits per heavy atom. The molecule has 0 unspecified atom stereocenters. The summed E-state index contributed by atoms with van der Waals surface area (Å²) in [5.41, 5.74) is 1.58. The van der Waals surface area contributed by atoms with E-state index in [2.05, 4.69) is 17.9 Å². The van der Waals surface area contributed by atoms with Crippen LogP contribution in [0.2, 0.25) is 0 Å². The largest absolute Gasteiger partial charge is 0.492 e. The molecule has 0 amide bonds. The minimum absolute atomic E-state index is 0.206. The van der Waals surface area contributed by atoms with Crippen molar-refractivity contribution in [3.05, 3.63) is 65.5 Å². The lowest BCUT2D eigenvalue weighted by Crippen LogP contribution is -2.27. The highest BCUT2D eigenvalue weighted by Gasteiger charge is 2.05. The van der Waals surface area contributed by atoms with E-state index in [0.29, 0.717) is 18.7 Å². The van der Waals surface area contributed by atoms with E-state index < -0.39 is 0 Å². The average molecular weight is 298 g/mol. The van der Waals surface area contributed by atoms with Crippen molar-refractivity contribution < 1.29 is 9.13 Å². The van der Waals surface area contributed by atoms with Crippen LogP contribution >= 0.6 is 0 Å². The lowest BCUT2D eigenvalue weighted by atomic mass is 10.2. The molecule has 0 radical (unpaired) electrons. The lowest BCUT2D eigenvalue weighted by Gasteiger charge is -2.20. The Kier molecular flexibility index (Phi) is 5.93. The zero-order valence-corrected chi connectivity index (χ0v) is 12.6. The molecule has 114 valence electrons. The summed E-state index contributed by atoms with van der Waals surface area (Å²) in [6, 6.07) is 15.8. The molecular formula is C18H19FN2O. The van der Waals surface area contributed by atoms with E-state index in [1.165, 1.54) is 6.07 Å². The van der Waals surface area contributed by atoms with Crippen molar-refractivity contribution in [3.8, 4) is 11.8 Å². The van der Waals surface area contributed by atoms with Crippen LogP contribution < -0.4 is 4.74 Å². The van der Waals surface area contributed by atoms with Crippen molar-refractivity contribution >= 4 is 0 Å². The highest BCUT2D eigenvalue weighted by atomic mass is 19.1. The second-order valence-electron chi connectivity index (χ2n) is 4.98. The Morgan fingerprint density at radius 1 is 1.18 bits per heavy atom. The second kappa shape index (κ2) is 8.16. The van der Waals surface area contributed by atoms with E-state index >= 15 is 0 Å². The van der Waals surface area contributed by atoms with Crippen molar-refractivity contribution in [3.63, 3.8) is 0 Å². The van der Waals surface area contributed by atoms with E-state index in [4.69, 9.17) is 10.00 Å². The van der Waals surface area contributed by atoms with Gasteiger partial charge in [-0.05, 0) is 48.5 Å². The van der Waals surface area contributed by atoms with Gasteiger partial charge in [0.15, 0.2) is 0 Å². The van der Waals surface area contributed by atoms with Crippen LogP contribution in [0.1, 0.15) is 18.1 Å². The van der Waals surface area contributed by atoms with Crippen molar-refractivity contribution in [2.24, 2.45) is 0 Å². The third-order valence-corrected chi connectivity index (χ3v) is 3.40. The Bertz CT molecular complexity index is 634. The minimum Gasteiger partial charge on any atom is -0.492 e. The third kappa shape index (κ3) is 4.87. The number of halogens is 1. The van der Waals surface area contributed by atoms with Gasteiger partial charge in [0, 0.05) is 13.1 Å². The summed E-state index contributed by atoms with van der Waals surface area (Å²) in [7, 11) is 0. The first kappa shape index (κ1) is 16.0. The van der Waals surface area contributed by atoms with E-state index in [1.807, 2.05) is 6.07 Å². The van der Waals surface area contributed by atoms with E-state index in [-0.39, 0.29) is 5.82 Å². The first-order valence-electron chi connectivity index (χ1n) is 7.31. The van der Waals surface area contributed by atoms with Crippen molar-refractivity contribution in [2.75, 3.05) is 19.7 Å². The van der Waals surface area contributed by atoms with Crippen LogP contribution in [0.15, 0.2) is 48.5 Å². The molecule has 0 heterocycles. The summed E-state index contributed by atoms with van der Waals surface area (Å²) in [4.78, 5) is 2.19. The molecule has 0 aliphatic heterocycles. The van der Waals surface area contributed by atoms with Crippen molar-refractivity contribution in [1.29, 1.82) is 5.26 Å². The molecule has 22 heavy (non-hydrogen) atoms. The number of hydrogen-bond acceptors (Lipinski definition) is 3. The molecule has 3 nitrogen and oxygen atoms in total. The van der Waals surface area contributed by atoms with Gasteiger partial charge in [-0.15, -0.1) is 0 Å². The van der Waals surface area contributed by atoms with Crippen LogP contribution in [0.25, 0.3) is 0 Å². The van der Waals surface area contributed by atoms with Gasteiger partial charge >= 0.3 is 0 Å². The molecule has 0 spiro atoms. The first-order valence-corrected chi connectivity index (χ1v) is 7.31. The number of nitrogens with zero attached hydrogens (tertiary/aromatic N) is 2. The summed E-state index contributed by atoms with van der Waals surface area (Å²) in [5.74, 6) is 0.545. The fraction of sp³-hybridized carbons (Fsp3) is 0.278. The van der Waals surface area contributed by atoms with Crippen LogP contribution in [0.5, 0.6) is 5.75 Å². The quantitative estimate of drug-likeness (QED) is 0.783. The van der Waals surface area contributed by atoms with Crippen LogP contribution in [-0.2, 0) is 6.54 Å². The summed E-state index contributed by atoms with van der Waals surface area (Å²) < 4.78 is 18.9. The minimum atomic E-state index is -0.206. The predicted molar refractivity (Wildman–Crippen MR) is 84.0 cm³/mol. The lowest BCUT2D eigenvalue weighted by molar-refractivity contribution is 0.210. The third-order valence-electron chi connectivity index (χ3n) is 3.40. The van der Waals surface area contributed by atoms with Crippen LogP contribution in [-0.4, -0.2) is 24.6 Å². The first-order chi connectivity index (χ1) is 10.7. The summed E-state index contributed by atoms with van der Waals surface area (Å²) in [6.45, 7) is 4.95. The maximum atomic E-state index is 13.2. The molecule has 0 saturated carbocycles. The Labute approximate surface area is 130 Å². The molecule has 0 aliphatic carbocycles. The highest BCUT2D eigenvalue weighted by Crippen LogP contribution is 2.12. The summed E-state index contributed by atoms with van der Waals surface area (Å²) in [6.07, 6.45) is 0. The number of benzene rings is 2. The van der Waals surface area contributed by atoms with Gasteiger partial charge in [-0.25, -0.2) is 4.39 Å². The maximum Gasteiger partial charge on any atom is 0.123 e.